The van der Waals surface area contributed by atoms with Gasteiger partial charge in [-0.05, 0) is 26.3 Å². The molecule has 0 aliphatic heterocycles. The van der Waals surface area contributed by atoms with Crippen LogP contribution in [0.3, 0.4) is 0 Å². The SMILES string of the molecule is CC(C)N(Cc1ccccc1)C(=O)N[C@H](C)C(=O)O. The summed E-state index contributed by atoms with van der Waals surface area (Å²) in [5.74, 6) is -1.04. The van der Waals surface area contributed by atoms with E-state index in [-0.39, 0.29) is 12.1 Å². The van der Waals surface area contributed by atoms with Crippen LogP contribution in [0.4, 0.5) is 4.79 Å². The number of nitrogens with zero attached hydrogens (tertiary/aromatic N) is 1. The lowest BCUT2D eigenvalue weighted by atomic mass is 10.2. The number of urea groups is 1. The van der Waals surface area contributed by atoms with Gasteiger partial charge in [0.15, 0.2) is 0 Å². The molecule has 19 heavy (non-hydrogen) atoms. The highest BCUT2D eigenvalue weighted by atomic mass is 16.4. The number of carbonyl (C=O) groups excluding carboxylic acids is 1. The molecule has 2 N–H and O–H groups in total. The zero-order chi connectivity index (χ0) is 14.4. The summed E-state index contributed by atoms with van der Waals surface area (Å²) < 4.78 is 0. The van der Waals surface area contributed by atoms with Gasteiger partial charge in [-0.25, -0.2) is 4.79 Å². The fourth-order valence-corrected chi connectivity index (χ4v) is 1.60. The second-order valence-electron chi connectivity index (χ2n) is 4.72. The molecule has 0 saturated carbocycles. The molecule has 0 spiro atoms. The number of amides is 2. The summed E-state index contributed by atoms with van der Waals surface area (Å²) in [7, 11) is 0. The van der Waals surface area contributed by atoms with Gasteiger partial charge in [0.1, 0.15) is 6.04 Å². The van der Waals surface area contributed by atoms with Gasteiger partial charge in [-0.3, -0.25) is 4.79 Å². The zero-order valence-electron chi connectivity index (χ0n) is 11.5. The number of hydrogen-bond acceptors (Lipinski definition) is 2. The molecule has 1 aromatic rings. The summed E-state index contributed by atoms with van der Waals surface area (Å²) >= 11 is 0. The molecule has 1 atom stereocenters. The van der Waals surface area contributed by atoms with Crippen molar-refractivity contribution in [1.29, 1.82) is 0 Å². The van der Waals surface area contributed by atoms with Gasteiger partial charge in [0.2, 0.25) is 0 Å². The van der Waals surface area contributed by atoms with Crippen molar-refractivity contribution in [2.24, 2.45) is 0 Å². The van der Waals surface area contributed by atoms with Crippen molar-refractivity contribution in [3.8, 4) is 0 Å². The van der Waals surface area contributed by atoms with E-state index in [0.29, 0.717) is 6.54 Å². The number of carboxylic acids is 1. The maximum absolute atomic E-state index is 12.1. The first-order valence-electron chi connectivity index (χ1n) is 6.25. The largest absolute Gasteiger partial charge is 0.480 e. The van der Waals surface area contributed by atoms with Crippen molar-refractivity contribution < 1.29 is 14.7 Å². The summed E-state index contributed by atoms with van der Waals surface area (Å²) in [6.45, 7) is 5.69. The van der Waals surface area contributed by atoms with Gasteiger partial charge in [0, 0.05) is 12.6 Å². The Morgan fingerprint density at radius 1 is 1.21 bits per heavy atom. The molecule has 5 nitrogen and oxygen atoms in total. The third kappa shape index (κ3) is 4.62. The smallest absolute Gasteiger partial charge is 0.325 e. The Morgan fingerprint density at radius 3 is 2.26 bits per heavy atom. The van der Waals surface area contributed by atoms with Gasteiger partial charge in [0.05, 0.1) is 0 Å². The monoisotopic (exact) mass is 264 g/mol. The van der Waals surface area contributed by atoms with E-state index < -0.39 is 12.0 Å². The van der Waals surface area contributed by atoms with Crippen LogP contribution < -0.4 is 5.32 Å². The second-order valence-corrected chi connectivity index (χ2v) is 4.72. The first-order chi connectivity index (χ1) is 8.91. The molecule has 0 aliphatic carbocycles. The second kappa shape index (κ2) is 6.78. The highest BCUT2D eigenvalue weighted by Gasteiger charge is 2.21. The van der Waals surface area contributed by atoms with Crippen LogP contribution in [0.5, 0.6) is 0 Å². The minimum Gasteiger partial charge on any atom is -0.480 e. The number of rotatable bonds is 5. The molecular weight excluding hydrogens is 244 g/mol. The number of benzene rings is 1. The number of nitrogens with one attached hydrogen (secondary N) is 1. The quantitative estimate of drug-likeness (QED) is 0.855. The molecule has 104 valence electrons. The Labute approximate surface area is 113 Å². The van der Waals surface area contributed by atoms with E-state index in [4.69, 9.17) is 5.11 Å². The van der Waals surface area contributed by atoms with E-state index in [0.717, 1.165) is 5.56 Å². The molecule has 0 aromatic heterocycles. The highest BCUT2D eigenvalue weighted by molar-refractivity contribution is 5.82. The first-order valence-corrected chi connectivity index (χ1v) is 6.25. The molecule has 0 aliphatic rings. The third-order valence-corrected chi connectivity index (χ3v) is 2.79. The molecular formula is C14H20N2O3. The first kappa shape index (κ1) is 15.0. The number of carboxylic acid groups (broad SMARTS) is 1. The van der Waals surface area contributed by atoms with Crippen LogP contribution in [-0.2, 0) is 11.3 Å². The third-order valence-electron chi connectivity index (χ3n) is 2.79. The highest BCUT2D eigenvalue weighted by Crippen LogP contribution is 2.08. The molecule has 0 saturated heterocycles. The maximum atomic E-state index is 12.1. The van der Waals surface area contributed by atoms with E-state index in [1.54, 1.807) is 4.90 Å². The van der Waals surface area contributed by atoms with Gasteiger partial charge in [-0.1, -0.05) is 30.3 Å². The van der Waals surface area contributed by atoms with Crippen LogP contribution in [-0.4, -0.2) is 34.1 Å². The molecule has 0 unspecified atom stereocenters. The van der Waals surface area contributed by atoms with Crippen molar-refractivity contribution in [2.75, 3.05) is 0 Å². The van der Waals surface area contributed by atoms with Crippen molar-refractivity contribution in [3.63, 3.8) is 0 Å². The van der Waals surface area contributed by atoms with Crippen LogP contribution in [0.15, 0.2) is 30.3 Å². The Morgan fingerprint density at radius 2 is 1.79 bits per heavy atom. The average Bonchev–Trinajstić information content (AvgIpc) is 2.36. The van der Waals surface area contributed by atoms with E-state index in [2.05, 4.69) is 5.32 Å². The molecule has 0 bridgehead atoms. The predicted molar refractivity (Wildman–Crippen MR) is 72.8 cm³/mol. The van der Waals surface area contributed by atoms with Gasteiger partial charge in [-0.15, -0.1) is 0 Å². The van der Waals surface area contributed by atoms with Crippen LogP contribution in [0, 0.1) is 0 Å². The normalized spacial score (nSPS) is 12.0. The summed E-state index contributed by atoms with van der Waals surface area (Å²) in [6.07, 6.45) is 0. The lowest BCUT2D eigenvalue weighted by Crippen LogP contribution is -2.48. The number of aliphatic carboxylic acids is 1. The minimum atomic E-state index is -1.04. The summed E-state index contributed by atoms with van der Waals surface area (Å²) in [5.41, 5.74) is 1.01. The molecule has 2 amide bonds. The maximum Gasteiger partial charge on any atom is 0.325 e. The fourth-order valence-electron chi connectivity index (χ4n) is 1.60. The lowest BCUT2D eigenvalue weighted by Gasteiger charge is -2.28. The van der Waals surface area contributed by atoms with Crippen molar-refractivity contribution in [2.45, 2.75) is 39.4 Å². The Bertz CT molecular complexity index is 432. The van der Waals surface area contributed by atoms with Crippen molar-refractivity contribution >= 4 is 12.0 Å². The number of hydrogen-bond donors (Lipinski definition) is 2. The topological polar surface area (TPSA) is 69.6 Å². The average molecular weight is 264 g/mol. The molecule has 1 rings (SSSR count). The van der Waals surface area contributed by atoms with Gasteiger partial charge in [0.25, 0.3) is 0 Å². The van der Waals surface area contributed by atoms with Crippen LogP contribution in [0.25, 0.3) is 0 Å². The fraction of sp³-hybridized carbons (Fsp3) is 0.429. The minimum absolute atomic E-state index is 0.0128. The predicted octanol–water partition coefficient (Wildman–Crippen LogP) is 2.08. The summed E-state index contributed by atoms with van der Waals surface area (Å²) in [6, 6.07) is 8.32. The van der Waals surface area contributed by atoms with E-state index in [1.165, 1.54) is 6.92 Å². The molecule has 1 aromatic carbocycles. The summed E-state index contributed by atoms with van der Waals surface area (Å²) in [5, 5.41) is 11.3. The summed E-state index contributed by atoms with van der Waals surface area (Å²) in [4.78, 5) is 24.4. The van der Waals surface area contributed by atoms with Gasteiger partial charge in [-0.2, -0.15) is 0 Å². The standard InChI is InChI=1S/C14H20N2O3/c1-10(2)16(9-12-7-5-4-6-8-12)14(19)15-11(3)13(17)18/h4-8,10-11H,9H2,1-3H3,(H,15,19)(H,17,18)/t11-/m1/s1. The van der Waals surface area contributed by atoms with Crippen LogP contribution in [0.2, 0.25) is 0 Å². The van der Waals surface area contributed by atoms with Crippen molar-refractivity contribution in [3.05, 3.63) is 35.9 Å². The molecule has 0 heterocycles. The number of carbonyl (C=O) groups is 2. The molecule has 5 heteroatoms. The Balaban J connectivity index is 2.72. The Kier molecular flexibility index (Phi) is 5.36. The lowest BCUT2D eigenvalue weighted by molar-refractivity contribution is -0.138. The van der Waals surface area contributed by atoms with Gasteiger partial charge < -0.3 is 15.3 Å². The van der Waals surface area contributed by atoms with Gasteiger partial charge >= 0.3 is 12.0 Å². The molecule has 0 fully saturated rings. The zero-order valence-corrected chi connectivity index (χ0v) is 11.5. The van der Waals surface area contributed by atoms with E-state index in [9.17, 15) is 9.59 Å². The van der Waals surface area contributed by atoms with E-state index >= 15 is 0 Å². The van der Waals surface area contributed by atoms with Crippen molar-refractivity contribution in [1.82, 2.24) is 10.2 Å². The van der Waals surface area contributed by atoms with Crippen LogP contribution in [0.1, 0.15) is 26.3 Å². The van der Waals surface area contributed by atoms with Crippen LogP contribution >= 0.6 is 0 Å². The van der Waals surface area contributed by atoms with E-state index in [1.807, 2.05) is 44.2 Å². The Hall–Kier alpha value is -2.04. The molecule has 0 radical (unpaired) electrons.